The minimum absolute atomic E-state index is 0.0928. The van der Waals surface area contributed by atoms with E-state index in [1.807, 2.05) is 67.1 Å². The number of fused-ring (bicyclic) bond motifs is 3. The van der Waals surface area contributed by atoms with Crippen molar-refractivity contribution in [3.63, 3.8) is 0 Å². The molecule has 1 unspecified atom stereocenters. The number of ether oxygens (including phenoxy) is 1. The molecule has 0 spiro atoms. The lowest BCUT2D eigenvalue weighted by Crippen LogP contribution is -2.37. The Morgan fingerprint density at radius 1 is 1.06 bits per heavy atom. The summed E-state index contributed by atoms with van der Waals surface area (Å²) < 4.78 is 7.24. The van der Waals surface area contributed by atoms with Crippen LogP contribution in [0.1, 0.15) is 33.2 Å². The zero-order valence-electron chi connectivity index (χ0n) is 19.1. The van der Waals surface area contributed by atoms with E-state index in [0.29, 0.717) is 16.4 Å². The molecule has 7 heteroatoms. The van der Waals surface area contributed by atoms with Crippen molar-refractivity contribution >= 4 is 40.0 Å². The molecule has 1 aromatic heterocycles. The summed E-state index contributed by atoms with van der Waals surface area (Å²) in [5.41, 5.74) is 4.84. The molecule has 0 saturated heterocycles. The first-order valence-electron chi connectivity index (χ1n) is 11.0. The molecular weight excluding hydrogens is 450 g/mol. The molecule has 0 saturated carbocycles. The number of para-hydroxylation sites is 1. The van der Waals surface area contributed by atoms with Gasteiger partial charge >= 0.3 is 0 Å². The summed E-state index contributed by atoms with van der Waals surface area (Å²) in [6, 6.07) is 20.6. The van der Waals surface area contributed by atoms with E-state index in [4.69, 9.17) is 16.3 Å². The average molecular weight is 474 g/mol. The van der Waals surface area contributed by atoms with Crippen LogP contribution in [0, 0.1) is 6.92 Å². The predicted octanol–water partition coefficient (Wildman–Crippen LogP) is 5.33. The highest BCUT2D eigenvalue weighted by molar-refractivity contribution is 6.31. The molecule has 1 N–H and O–H groups in total. The molecule has 0 bridgehead atoms. The number of halogens is 1. The lowest BCUT2D eigenvalue weighted by molar-refractivity contribution is -0.117. The first-order valence-corrected chi connectivity index (χ1v) is 11.4. The second-order valence-corrected chi connectivity index (χ2v) is 8.81. The number of aromatic nitrogens is 1. The summed E-state index contributed by atoms with van der Waals surface area (Å²) in [7, 11) is 3.51. The van der Waals surface area contributed by atoms with E-state index in [1.54, 1.807) is 30.2 Å². The number of benzene rings is 3. The zero-order chi connectivity index (χ0) is 24.0. The molecule has 3 aromatic carbocycles. The molecule has 2 heterocycles. The maximum Gasteiger partial charge on any atom is 0.272 e. The van der Waals surface area contributed by atoms with Crippen molar-refractivity contribution in [2.75, 3.05) is 19.0 Å². The fourth-order valence-corrected chi connectivity index (χ4v) is 4.92. The van der Waals surface area contributed by atoms with Crippen molar-refractivity contribution in [2.24, 2.45) is 7.05 Å². The van der Waals surface area contributed by atoms with Crippen molar-refractivity contribution in [2.45, 2.75) is 13.0 Å². The first kappa shape index (κ1) is 22.0. The van der Waals surface area contributed by atoms with Gasteiger partial charge in [0.2, 0.25) is 5.91 Å². The van der Waals surface area contributed by atoms with Crippen LogP contribution in [0.2, 0.25) is 5.02 Å². The number of anilines is 1. The third-order valence-electron chi connectivity index (χ3n) is 6.48. The largest absolute Gasteiger partial charge is 0.497 e. The van der Waals surface area contributed by atoms with E-state index in [2.05, 4.69) is 5.32 Å². The molecular formula is C27H24ClN3O3. The number of rotatable bonds is 5. The number of nitrogens with one attached hydrogen (secondary N) is 1. The van der Waals surface area contributed by atoms with E-state index in [1.165, 1.54) is 0 Å². The van der Waals surface area contributed by atoms with Crippen molar-refractivity contribution < 1.29 is 14.3 Å². The standard InChI is InChI=1S/C27H24ClN3O3/c1-16-20(28)8-6-9-21(16)29-23(32)15-31-25(17-11-13-18(34-3)14-12-17)24-19-7-4-5-10-22(19)30(2)26(24)27(31)33/h4-14,25H,15H2,1-3H3,(H,29,32). The molecule has 1 aliphatic heterocycles. The highest BCUT2D eigenvalue weighted by atomic mass is 35.5. The van der Waals surface area contributed by atoms with Crippen LogP contribution in [0.15, 0.2) is 66.7 Å². The Kier molecular flexibility index (Phi) is 5.54. The molecule has 5 rings (SSSR count). The normalized spacial score (nSPS) is 15.0. The van der Waals surface area contributed by atoms with Crippen molar-refractivity contribution in [3.8, 4) is 5.75 Å². The van der Waals surface area contributed by atoms with Crippen LogP contribution < -0.4 is 10.1 Å². The molecule has 172 valence electrons. The Balaban J connectivity index is 1.56. The van der Waals surface area contributed by atoms with Gasteiger partial charge in [-0.1, -0.05) is 48.0 Å². The number of methoxy groups -OCH3 is 1. The number of nitrogens with zero attached hydrogens (tertiary/aromatic N) is 2. The van der Waals surface area contributed by atoms with Crippen molar-refractivity contribution in [1.29, 1.82) is 0 Å². The molecule has 4 aromatic rings. The van der Waals surface area contributed by atoms with Crippen LogP contribution in [0.5, 0.6) is 5.75 Å². The van der Waals surface area contributed by atoms with Gasteiger partial charge in [0.05, 0.1) is 13.2 Å². The smallest absolute Gasteiger partial charge is 0.272 e. The van der Waals surface area contributed by atoms with E-state index in [9.17, 15) is 9.59 Å². The SMILES string of the molecule is COc1ccc(C2c3c(n(C)c4ccccc34)C(=O)N2CC(=O)Nc2cccc(Cl)c2C)cc1. The van der Waals surface area contributed by atoms with E-state index < -0.39 is 6.04 Å². The molecule has 34 heavy (non-hydrogen) atoms. The average Bonchev–Trinajstić information content (AvgIpc) is 3.29. The summed E-state index contributed by atoms with van der Waals surface area (Å²) in [6.45, 7) is 1.76. The van der Waals surface area contributed by atoms with E-state index >= 15 is 0 Å². The van der Waals surface area contributed by atoms with Gasteiger partial charge < -0.3 is 19.5 Å². The van der Waals surface area contributed by atoms with E-state index in [0.717, 1.165) is 33.3 Å². The van der Waals surface area contributed by atoms with Crippen LogP contribution >= 0.6 is 11.6 Å². The van der Waals surface area contributed by atoms with Crippen molar-refractivity contribution in [1.82, 2.24) is 9.47 Å². The molecule has 1 atom stereocenters. The van der Waals surface area contributed by atoms with Crippen molar-refractivity contribution in [3.05, 3.63) is 94.1 Å². The molecule has 0 radical (unpaired) electrons. The second kappa shape index (κ2) is 8.54. The minimum Gasteiger partial charge on any atom is -0.497 e. The summed E-state index contributed by atoms with van der Waals surface area (Å²) in [6.07, 6.45) is 0. The van der Waals surface area contributed by atoms with Gasteiger partial charge in [-0.05, 0) is 48.4 Å². The second-order valence-electron chi connectivity index (χ2n) is 8.41. The van der Waals surface area contributed by atoms with Crippen LogP contribution in [0.25, 0.3) is 10.9 Å². The fraction of sp³-hybridized carbons (Fsp3) is 0.185. The molecule has 6 nitrogen and oxygen atoms in total. The van der Waals surface area contributed by atoms with Crippen LogP contribution in [-0.4, -0.2) is 34.9 Å². The lowest BCUT2D eigenvalue weighted by Gasteiger charge is -2.26. The summed E-state index contributed by atoms with van der Waals surface area (Å²) in [5, 5.41) is 4.49. The Bertz CT molecular complexity index is 1430. The van der Waals surface area contributed by atoms with Gasteiger partial charge in [0.15, 0.2) is 0 Å². The molecule has 2 amide bonds. The highest BCUT2D eigenvalue weighted by Gasteiger charge is 2.42. The summed E-state index contributed by atoms with van der Waals surface area (Å²) >= 11 is 6.21. The topological polar surface area (TPSA) is 63.6 Å². The Morgan fingerprint density at radius 3 is 2.53 bits per heavy atom. The first-order chi connectivity index (χ1) is 16.4. The number of carbonyl (C=O) groups excluding carboxylic acids is 2. The monoisotopic (exact) mass is 473 g/mol. The third-order valence-corrected chi connectivity index (χ3v) is 6.89. The number of hydrogen-bond donors (Lipinski definition) is 1. The van der Waals surface area contributed by atoms with Gasteiger partial charge in [0, 0.05) is 34.2 Å². The molecule has 0 fully saturated rings. The predicted molar refractivity (Wildman–Crippen MR) is 134 cm³/mol. The molecule has 1 aliphatic rings. The number of aryl methyl sites for hydroxylation is 1. The maximum absolute atomic E-state index is 13.7. The Morgan fingerprint density at radius 2 is 1.79 bits per heavy atom. The minimum atomic E-state index is -0.397. The lowest BCUT2D eigenvalue weighted by atomic mass is 9.98. The summed E-state index contributed by atoms with van der Waals surface area (Å²) in [4.78, 5) is 28.4. The van der Waals surface area contributed by atoms with Gasteiger partial charge in [0.25, 0.3) is 5.91 Å². The zero-order valence-corrected chi connectivity index (χ0v) is 19.9. The van der Waals surface area contributed by atoms with Gasteiger partial charge in [-0.15, -0.1) is 0 Å². The Hall–Kier alpha value is -3.77. The van der Waals surface area contributed by atoms with Gasteiger partial charge in [0.1, 0.15) is 18.0 Å². The Labute approximate surface area is 202 Å². The highest BCUT2D eigenvalue weighted by Crippen LogP contribution is 2.44. The van der Waals surface area contributed by atoms with Gasteiger partial charge in [-0.3, -0.25) is 9.59 Å². The van der Waals surface area contributed by atoms with E-state index in [-0.39, 0.29) is 18.4 Å². The number of carbonyl (C=O) groups is 2. The maximum atomic E-state index is 13.7. The van der Waals surface area contributed by atoms with Crippen LogP contribution in [-0.2, 0) is 11.8 Å². The summed E-state index contributed by atoms with van der Waals surface area (Å²) in [5.74, 6) is 0.272. The number of amides is 2. The fourth-order valence-electron chi connectivity index (χ4n) is 4.75. The third kappa shape index (κ3) is 3.51. The van der Waals surface area contributed by atoms with Crippen LogP contribution in [0.3, 0.4) is 0 Å². The van der Waals surface area contributed by atoms with Crippen LogP contribution in [0.4, 0.5) is 5.69 Å². The number of hydrogen-bond acceptors (Lipinski definition) is 3. The van der Waals surface area contributed by atoms with Gasteiger partial charge in [-0.2, -0.15) is 0 Å². The van der Waals surface area contributed by atoms with Gasteiger partial charge in [-0.25, -0.2) is 0 Å². The molecule has 0 aliphatic carbocycles. The quantitative estimate of drug-likeness (QED) is 0.426.